The quantitative estimate of drug-likeness (QED) is 0.919. The largest absolute Gasteiger partial charge is 0.496 e. The Kier molecular flexibility index (Phi) is 4.83. The molecule has 22 heavy (non-hydrogen) atoms. The lowest BCUT2D eigenvalue weighted by molar-refractivity contribution is 0.102. The van der Waals surface area contributed by atoms with Crippen LogP contribution in [0.2, 0.25) is 0 Å². The minimum Gasteiger partial charge on any atom is -0.496 e. The van der Waals surface area contributed by atoms with Crippen LogP contribution in [-0.2, 0) is 0 Å². The van der Waals surface area contributed by atoms with Crippen molar-refractivity contribution in [2.24, 2.45) is 0 Å². The number of benzene rings is 1. The highest BCUT2D eigenvalue weighted by atomic mass is 16.5. The maximum atomic E-state index is 12.4. The molecule has 0 unspecified atom stereocenters. The molecular weight excluding hydrogens is 284 g/mol. The molecule has 0 radical (unpaired) electrons. The van der Waals surface area contributed by atoms with Gasteiger partial charge >= 0.3 is 0 Å². The van der Waals surface area contributed by atoms with Crippen LogP contribution in [0.4, 0.5) is 5.82 Å². The summed E-state index contributed by atoms with van der Waals surface area (Å²) >= 11 is 0. The van der Waals surface area contributed by atoms with Crippen molar-refractivity contribution in [1.29, 1.82) is 0 Å². The highest BCUT2D eigenvalue weighted by Gasteiger charge is 2.18. The molecule has 2 aromatic rings. The van der Waals surface area contributed by atoms with E-state index in [1.165, 1.54) is 21.3 Å². The van der Waals surface area contributed by atoms with Gasteiger partial charge in [-0.1, -0.05) is 6.07 Å². The van der Waals surface area contributed by atoms with Crippen LogP contribution in [-0.4, -0.2) is 32.2 Å². The lowest BCUT2D eigenvalue weighted by Crippen LogP contribution is -2.14. The van der Waals surface area contributed by atoms with Gasteiger partial charge in [0, 0.05) is 18.3 Å². The van der Waals surface area contributed by atoms with E-state index in [2.05, 4.69) is 10.3 Å². The zero-order valence-electron chi connectivity index (χ0n) is 13.0. The van der Waals surface area contributed by atoms with Gasteiger partial charge in [0.2, 0.25) is 0 Å². The Morgan fingerprint density at radius 3 is 2.18 bits per heavy atom. The molecule has 6 heteroatoms. The van der Waals surface area contributed by atoms with Crippen LogP contribution in [0.25, 0.3) is 0 Å². The molecule has 116 valence electrons. The van der Waals surface area contributed by atoms with Gasteiger partial charge in [-0.15, -0.1) is 0 Å². The molecule has 0 aliphatic heterocycles. The predicted octanol–water partition coefficient (Wildman–Crippen LogP) is 2.67. The monoisotopic (exact) mass is 302 g/mol. The lowest BCUT2D eigenvalue weighted by atomic mass is 10.1. The molecule has 1 aromatic carbocycles. The summed E-state index contributed by atoms with van der Waals surface area (Å²) < 4.78 is 15.7. The average molecular weight is 302 g/mol. The van der Waals surface area contributed by atoms with Gasteiger partial charge in [0.25, 0.3) is 5.91 Å². The fourth-order valence-electron chi connectivity index (χ4n) is 1.93. The lowest BCUT2D eigenvalue weighted by Gasteiger charge is -2.13. The van der Waals surface area contributed by atoms with Gasteiger partial charge in [-0.3, -0.25) is 4.79 Å². The maximum absolute atomic E-state index is 12.4. The molecule has 2 rings (SSSR count). The SMILES string of the molecule is COc1cc(OC)c(C(=O)Nc2ccc(C)cn2)cc1OC. The van der Waals surface area contributed by atoms with E-state index in [1.54, 1.807) is 24.4 Å². The van der Waals surface area contributed by atoms with E-state index in [0.717, 1.165) is 5.56 Å². The van der Waals surface area contributed by atoms with E-state index in [-0.39, 0.29) is 5.91 Å². The molecule has 0 fully saturated rings. The van der Waals surface area contributed by atoms with E-state index in [0.29, 0.717) is 28.6 Å². The number of hydrogen-bond acceptors (Lipinski definition) is 5. The fourth-order valence-corrected chi connectivity index (χ4v) is 1.93. The zero-order chi connectivity index (χ0) is 16.1. The summed E-state index contributed by atoms with van der Waals surface area (Å²) in [7, 11) is 4.52. The topological polar surface area (TPSA) is 69.7 Å². The number of ether oxygens (including phenoxy) is 3. The molecule has 0 aliphatic rings. The highest BCUT2D eigenvalue weighted by molar-refractivity contribution is 6.06. The number of aromatic nitrogens is 1. The molecule has 1 aromatic heterocycles. The van der Waals surface area contributed by atoms with E-state index in [9.17, 15) is 4.79 Å². The third-order valence-electron chi connectivity index (χ3n) is 3.10. The molecular formula is C16H18N2O4. The number of carbonyl (C=O) groups excluding carboxylic acids is 1. The smallest absolute Gasteiger partial charge is 0.260 e. The molecule has 0 saturated heterocycles. The van der Waals surface area contributed by atoms with Crippen LogP contribution in [0.15, 0.2) is 30.5 Å². The summed E-state index contributed by atoms with van der Waals surface area (Å²) in [5, 5.41) is 2.72. The molecule has 0 saturated carbocycles. The van der Waals surface area contributed by atoms with Crippen molar-refractivity contribution in [1.82, 2.24) is 4.98 Å². The van der Waals surface area contributed by atoms with Crippen LogP contribution < -0.4 is 19.5 Å². The fraction of sp³-hybridized carbons (Fsp3) is 0.250. The van der Waals surface area contributed by atoms with Gasteiger partial charge in [-0.2, -0.15) is 0 Å². The Labute approximate surface area is 129 Å². The Balaban J connectivity index is 2.33. The Bertz CT molecular complexity index is 669. The Morgan fingerprint density at radius 1 is 1.00 bits per heavy atom. The summed E-state index contributed by atoms with van der Waals surface area (Å²) in [5.74, 6) is 1.46. The molecule has 0 spiro atoms. The molecule has 0 bridgehead atoms. The van der Waals surface area contributed by atoms with E-state index in [4.69, 9.17) is 14.2 Å². The number of amides is 1. The van der Waals surface area contributed by atoms with E-state index < -0.39 is 0 Å². The van der Waals surface area contributed by atoms with Crippen molar-refractivity contribution in [2.75, 3.05) is 26.6 Å². The van der Waals surface area contributed by atoms with Gasteiger partial charge in [0.05, 0.1) is 26.9 Å². The van der Waals surface area contributed by atoms with Crippen molar-refractivity contribution in [3.63, 3.8) is 0 Å². The molecule has 0 aliphatic carbocycles. The van der Waals surface area contributed by atoms with Crippen molar-refractivity contribution >= 4 is 11.7 Å². The summed E-state index contributed by atoms with van der Waals surface area (Å²) in [6, 6.07) is 6.78. The minimum atomic E-state index is -0.339. The first-order chi connectivity index (χ1) is 10.6. The molecule has 0 atom stereocenters. The van der Waals surface area contributed by atoms with Crippen molar-refractivity contribution in [3.8, 4) is 17.2 Å². The van der Waals surface area contributed by atoms with Crippen molar-refractivity contribution < 1.29 is 19.0 Å². The maximum Gasteiger partial charge on any atom is 0.260 e. The Hall–Kier alpha value is -2.76. The third-order valence-corrected chi connectivity index (χ3v) is 3.10. The number of pyridine rings is 1. The van der Waals surface area contributed by atoms with E-state index in [1.807, 2.05) is 13.0 Å². The summed E-state index contributed by atoms with van der Waals surface area (Å²) in [6.45, 7) is 1.93. The zero-order valence-corrected chi connectivity index (χ0v) is 13.0. The van der Waals surface area contributed by atoms with Crippen molar-refractivity contribution in [3.05, 3.63) is 41.6 Å². The number of nitrogens with one attached hydrogen (secondary N) is 1. The predicted molar refractivity (Wildman–Crippen MR) is 83.0 cm³/mol. The first-order valence-electron chi connectivity index (χ1n) is 6.63. The first-order valence-corrected chi connectivity index (χ1v) is 6.63. The second-order valence-electron chi connectivity index (χ2n) is 4.58. The number of carbonyl (C=O) groups is 1. The summed E-state index contributed by atoms with van der Waals surface area (Å²) in [5.41, 5.74) is 1.35. The van der Waals surface area contributed by atoms with Crippen LogP contribution in [0.1, 0.15) is 15.9 Å². The van der Waals surface area contributed by atoms with E-state index >= 15 is 0 Å². The number of rotatable bonds is 5. The second-order valence-corrected chi connectivity index (χ2v) is 4.58. The van der Waals surface area contributed by atoms with Gasteiger partial charge in [-0.25, -0.2) is 4.98 Å². The average Bonchev–Trinajstić information content (AvgIpc) is 2.55. The van der Waals surface area contributed by atoms with Crippen LogP contribution >= 0.6 is 0 Å². The summed E-state index contributed by atoms with van der Waals surface area (Å²) in [6.07, 6.45) is 1.68. The van der Waals surface area contributed by atoms with Gasteiger partial charge < -0.3 is 19.5 Å². The molecule has 1 amide bonds. The second kappa shape index (κ2) is 6.80. The third kappa shape index (κ3) is 3.28. The Morgan fingerprint density at radius 2 is 1.64 bits per heavy atom. The van der Waals surface area contributed by atoms with Crippen LogP contribution in [0.3, 0.4) is 0 Å². The normalized spacial score (nSPS) is 10.0. The highest BCUT2D eigenvalue weighted by Crippen LogP contribution is 2.34. The first kappa shape index (κ1) is 15.6. The standard InChI is InChI=1S/C16H18N2O4/c1-10-5-6-15(17-9-10)18-16(19)11-7-13(21-3)14(22-4)8-12(11)20-2/h5-9H,1-4H3,(H,17,18,19). The molecule has 1 N–H and O–H groups in total. The number of aryl methyl sites for hydroxylation is 1. The number of nitrogens with zero attached hydrogens (tertiary/aromatic N) is 1. The van der Waals surface area contributed by atoms with Gasteiger partial charge in [0.15, 0.2) is 11.5 Å². The van der Waals surface area contributed by atoms with Gasteiger partial charge in [0.1, 0.15) is 11.6 Å². The van der Waals surface area contributed by atoms with Crippen molar-refractivity contribution in [2.45, 2.75) is 6.92 Å². The minimum absolute atomic E-state index is 0.336. The molecule has 6 nitrogen and oxygen atoms in total. The number of hydrogen-bond donors (Lipinski definition) is 1. The van der Waals surface area contributed by atoms with Gasteiger partial charge in [-0.05, 0) is 18.6 Å². The number of anilines is 1. The van der Waals surface area contributed by atoms with Crippen LogP contribution in [0.5, 0.6) is 17.2 Å². The number of methoxy groups -OCH3 is 3. The van der Waals surface area contributed by atoms with Crippen LogP contribution in [0, 0.1) is 6.92 Å². The molecule has 1 heterocycles. The summed E-state index contributed by atoms with van der Waals surface area (Å²) in [4.78, 5) is 16.6.